The van der Waals surface area contributed by atoms with Crippen LogP contribution in [0.4, 0.5) is 5.69 Å². The number of aryl methyl sites for hydroxylation is 2. The Bertz CT molecular complexity index is 959. The van der Waals surface area contributed by atoms with Crippen molar-refractivity contribution in [3.05, 3.63) is 64.0 Å². The van der Waals surface area contributed by atoms with Gasteiger partial charge >= 0.3 is 5.69 Å². The molecule has 0 bridgehead atoms. The van der Waals surface area contributed by atoms with E-state index in [2.05, 4.69) is 5.32 Å². The number of amides is 1. The van der Waals surface area contributed by atoms with Crippen LogP contribution in [0, 0.1) is 0 Å². The molecular weight excluding hydrogens is 338 g/mol. The molecule has 0 saturated heterocycles. The average molecular weight is 358 g/mol. The van der Waals surface area contributed by atoms with Crippen LogP contribution in [-0.2, 0) is 17.9 Å². The summed E-state index contributed by atoms with van der Waals surface area (Å²) in [5, 5.41) is 3.28. The lowest BCUT2D eigenvalue weighted by Crippen LogP contribution is -2.26. The molecule has 25 heavy (non-hydrogen) atoms. The second-order valence-corrected chi connectivity index (χ2v) is 6.26. The minimum Gasteiger partial charge on any atom is -0.325 e. The number of hydrogen-bond acceptors (Lipinski definition) is 2. The first-order chi connectivity index (χ1) is 12.1. The summed E-state index contributed by atoms with van der Waals surface area (Å²) in [5.74, 6) is -0.174. The largest absolute Gasteiger partial charge is 0.329 e. The molecule has 0 radical (unpaired) electrons. The zero-order valence-electron chi connectivity index (χ0n) is 14.0. The highest BCUT2D eigenvalue weighted by Gasteiger charge is 2.13. The van der Waals surface area contributed by atoms with Gasteiger partial charge in [-0.05, 0) is 30.7 Å². The molecule has 130 valence electrons. The average Bonchev–Trinajstić information content (AvgIpc) is 2.88. The SMILES string of the molecule is CCCn1c(=O)n(CCC(=O)Nc2ccccc2Cl)c2ccccc21. The van der Waals surface area contributed by atoms with Gasteiger partial charge in [0.2, 0.25) is 5.91 Å². The van der Waals surface area contributed by atoms with Crippen LogP contribution >= 0.6 is 11.6 Å². The van der Waals surface area contributed by atoms with Crippen LogP contribution in [0.1, 0.15) is 19.8 Å². The number of benzene rings is 2. The van der Waals surface area contributed by atoms with Crippen molar-refractivity contribution in [1.82, 2.24) is 9.13 Å². The van der Waals surface area contributed by atoms with E-state index in [-0.39, 0.29) is 18.0 Å². The molecule has 0 atom stereocenters. The molecule has 0 aliphatic heterocycles. The van der Waals surface area contributed by atoms with E-state index >= 15 is 0 Å². The predicted molar refractivity (Wildman–Crippen MR) is 101 cm³/mol. The van der Waals surface area contributed by atoms with Crippen molar-refractivity contribution in [3.8, 4) is 0 Å². The zero-order valence-corrected chi connectivity index (χ0v) is 14.8. The number of fused-ring (bicyclic) bond motifs is 1. The summed E-state index contributed by atoms with van der Waals surface area (Å²) in [7, 11) is 0. The summed E-state index contributed by atoms with van der Waals surface area (Å²) in [6.07, 6.45) is 1.08. The van der Waals surface area contributed by atoms with Gasteiger partial charge in [0, 0.05) is 19.5 Å². The third-order valence-electron chi connectivity index (χ3n) is 4.08. The van der Waals surface area contributed by atoms with Crippen molar-refractivity contribution in [2.24, 2.45) is 0 Å². The van der Waals surface area contributed by atoms with Crippen LogP contribution < -0.4 is 11.0 Å². The number of hydrogen-bond donors (Lipinski definition) is 1. The van der Waals surface area contributed by atoms with Gasteiger partial charge in [-0.3, -0.25) is 13.9 Å². The van der Waals surface area contributed by atoms with Gasteiger partial charge in [-0.25, -0.2) is 4.79 Å². The number of anilines is 1. The molecule has 0 spiro atoms. The van der Waals surface area contributed by atoms with Gasteiger partial charge in [0.1, 0.15) is 0 Å². The number of imidazole rings is 1. The number of para-hydroxylation sites is 3. The molecule has 3 rings (SSSR count). The highest BCUT2D eigenvalue weighted by atomic mass is 35.5. The van der Waals surface area contributed by atoms with Crippen LogP contribution in [0.25, 0.3) is 11.0 Å². The first-order valence-corrected chi connectivity index (χ1v) is 8.72. The minimum absolute atomic E-state index is 0.0754. The maximum absolute atomic E-state index is 12.7. The molecular formula is C19H20ClN3O2. The van der Waals surface area contributed by atoms with Crippen molar-refractivity contribution >= 4 is 34.2 Å². The molecule has 5 nitrogen and oxygen atoms in total. The Balaban J connectivity index is 1.79. The number of halogens is 1. The first-order valence-electron chi connectivity index (χ1n) is 8.34. The van der Waals surface area contributed by atoms with Crippen molar-refractivity contribution in [2.45, 2.75) is 32.9 Å². The van der Waals surface area contributed by atoms with Gasteiger partial charge in [-0.15, -0.1) is 0 Å². The van der Waals surface area contributed by atoms with Crippen LogP contribution in [0.5, 0.6) is 0 Å². The van der Waals surface area contributed by atoms with Crippen LogP contribution in [0.3, 0.4) is 0 Å². The lowest BCUT2D eigenvalue weighted by molar-refractivity contribution is -0.116. The van der Waals surface area contributed by atoms with E-state index in [1.165, 1.54) is 0 Å². The van der Waals surface area contributed by atoms with E-state index < -0.39 is 0 Å². The third kappa shape index (κ3) is 3.61. The van der Waals surface area contributed by atoms with E-state index in [0.717, 1.165) is 17.5 Å². The number of nitrogens with one attached hydrogen (secondary N) is 1. The van der Waals surface area contributed by atoms with Crippen LogP contribution in [-0.4, -0.2) is 15.0 Å². The van der Waals surface area contributed by atoms with E-state index in [1.54, 1.807) is 27.3 Å². The summed E-state index contributed by atoms with van der Waals surface area (Å²) in [6, 6.07) is 14.8. The van der Waals surface area contributed by atoms with Gasteiger partial charge in [0.25, 0.3) is 0 Å². The molecule has 1 amide bonds. The van der Waals surface area contributed by atoms with Gasteiger partial charge in [-0.1, -0.05) is 42.8 Å². The Labute approximate surface area is 150 Å². The fraction of sp³-hybridized carbons (Fsp3) is 0.263. The number of aromatic nitrogens is 2. The molecule has 1 N–H and O–H groups in total. The molecule has 0 aliphatic carbocycles. The Morgan fingerprint density at radius 1 is 1.00 bits per heavy atom. The monoisotopic (exact) mass is 357 g/mol. The van der Waals surface area contributed by atoms with Crippen molar-refractivity contribution in [3.63, 3.8) is 0 Å². The van der Waals surface area contributed by atoms with Crippen molar-refractivity contribution < 1.29 is 4.79 Å². The summed E-state index contributed by atoms with van der Waals surface area (Å²) < 4.78 is 3.43. The fourth-order valence-corrected chi connectivity index (χ4v) is 3.10. The zero-order chi connectivity index (χ0) is 17.8. The number of rotatable bonds is 6. The minimum atomic E-state index is -0.174. The number of nitrogens with zero attached hydrogens (tertiary/aromatic N) is 2. The molecule has 0 saturated carbocycles. The standard InChI is InChI=1S/C19H20ClN3O2/c1-2-12-22-16-9-5-6-10-17(16)23(19(22)25)13-11-18(24)21-15-8-4-3-7-14(15)20/h3-10H,2,11-13H2,1H3,(H,21,24). The topological polar surface area (TPSA) is 56.0 Å². The fourth-order valence-electron chi connectivity index (χ4n) is 2.92. The first kappa shape index (κ1) is 17.3. The Kier molecular flexibility index (Phi) is 5.24. The Morgan fingerprint density at radius 2 is 1.60 bits per heavy atom. The summed E-state index contributed by atoms with van der Waals surface area (Å²) >= 11 is 6.05. The maximum Gasteiger partial charge on any atom is 0.329 e. The quantitative estimate of drug-likeness (QED) is 0.727. The Hall–Kier alpha value is -2.53. The van der Waals surface area contributed by atoms with E-state index in [9.17, 15) is 9.59 Å². The Morgan fingerprint density at radius 3 is 2.24 bits per heavy atom. The maximum atomic E-state index is 12.7. The van der Waals surface area contributed by atoms with Gasteiger partial charge < -0.3 is 5.32 Å². The second kappa shape index (κ2) is 7.57. The molecule has 0 fully saturated rings. The highest BCUT2D eigenvalue weighted by Crippen LogP contribution is 2.20. The van der Waals surface area contributed by atoms with Crippen LogP contribution in [0.15, 0.2) is 53.3 Å². The molecule has 1 heterocycles. The number of carbonyl (C=O) groups is 1. The molecule has 1 aromatic heterocycles. The lowest BCUT2D eigenvalue weighted by atomic mass is 10.3. The van der Waals surface area contributed by atoms with E-state index in [1.807, 2.05) is 37.3 Å². The van der Waals surface area contributed by atoms with Gasteiger partial charge in [-0.2, -0.15) is 0 Å². The highest BCUT2D eigenvalue weighted by molar-refractivity contribution is 6.33. The van der Waals surface area contributed by atoms with E-state index in [4.69, 9.17) is 11.6 Å². The van der Waals surface area contributed by atoms with Gasteiger partial charge in [0.15, 0.2) is 0 Å². The van der Waals surface area contributed by atoms with E-state index in [0.29, 0.717) is 23.8 Å². The molecule has 2 aromatic carbocycles. The summed E-state index contributed by atoms with van der Waals surface area (Å²) in [6.45, 7) is 3.03. The predicted octanol–water partition coefficient (Wildman–Crippen LogP) is 3.90. The molecule has 6 heteroatoms. The number of carbonyl (C=O) groups excluding carboxylic acids is 1. The lowest BCUT2D eigenvalue weighted by Gasteiger charge is -2.07. The smallest absolute Gasteiger partial charge is 0.325 e. The van der Waals surface area contributed by atoms with Crippen molar-refractivity contribution in [1.29, 1.82) is 0 Å². The summed E-state index contributed by atoms with van der Waals surface area (Å²) in [5.41, 5.74) is 2.26. The van der Waals surface area contributed by atoms with Gasteiger partial charge in [0.05, 0.1) is 21.7 Å². The van der Waals surface area contributed by atoms with Crippen LogP contribution in [0.2, 0.25) is 5.02 Å². The molecule has 0 unspecified atom stereocenters. The summed E-state index contributed by atoms with van der Waals surface area (Å²) in [4.78, 5) is 24.9. The second-order valence-electron chi connectivity index (χ2n) is 5.85. The normalized spacial score (nSPS) is 11.0. The van der Waals surface area contributed by atoms with Crippen molar-refractivity contribution in [2.75, 3.05) is 5.32 Å². The molecule has 0 aliphatic rings. The third-order valence-corrected chi connectivity index (χ3v) is 4.41. The molecule has 3 aromatic rings.